The van der Waals surface area contributed by atoms with Crippen LogP contribution in [-0.2, 0) is 14.8 Å². The predicted octanol–water partition coefficient (Wildman–Crippen LogP) is 4.26. The molecule has 1 amide bonds. The van der Waals surface area contributed by atoms with Crippen LogP contribution in [0.5, 0.6) is 11.5 Å². The van der Waals surface area contributed by atoms with Crippen molar-refractivity contribution in [1.82, 2.24) is 0 Å². The molecular weight excluding hydrogens is 376 g/mol. The van der Waals surface area contributed by atoms with Gasteiger partial charge in [0.15, 0.2) is 5.75 Å². The molecule has 3 aromatic rings. The average Bonchev–Trinajstić information content (AvgIpc) is 2.68. The molecular formula is C21H20N2O4S. The van der Waals surface area contributed by atoms with Crippen LogP contribution < -0.4 is 14.4 Å². The highest BCUT2D eigenvalue weighted by Gasteiger charge is 2.24. The van der Waals surface area contributed by atoms with Gasteiger partial charge in [-0.25, -0.2) is 8.42 Å². The van der Waals surface area contributed by atoms with Crippen molar-refractivity contribution < 1.29 is 17.9 Å². The summed E-state index contributed by atoms with van der Waals surface area (Å²) in [5, 5.41) is 2.61. The molecule has 7 heteroatoms. The molecule has 0 aliphatic rings. The van der Waals surface area contributed by atoms with Crippen molar-refractivity contribution in [3.8, 4) is 11.5 Å². The van der Waals surface area contributed by atoms with Crippen LogP contribution in [0.1, 0.15) is 6.92 Å². The maximum atomic E-state index is 13.1. The first-order valence-corrected chi connectivity index (χ1v) is 10.0. The van der Waals surface area contributed by atoms with E-state index in [0.29, 0.717) is 22.9 Å². The second-order valence-corrected chi connectivity index (χ2v) is 8.03. The van der Waals surface area contributed by atoms with Crippen molar-refractivity contribution in [2.45, 2.75) is 11.8 Å². The molecule has 3 aromatic carbocycles. The monoisotopic (exact) mass is 396 g/mol. The topological polar surface area (TPSA) is 75.7 Å². The number of hydrogen-bond acceptors (Lipinski definition) is 4. The van der Waals surface area contributed by atoms with Crippen LogP contribution >= 0.6 is 0 Å². The van der Waals surface area contributed by atoms with E-state index in [-0.39, 0.29) is 10.8 Å². The van der Waals surface area contributed by atoms with E-state index in [2.05, 4.69) is 5.32 Å². The Kier molecular flexibility index (Phi) is 5.65. The minimum Gasteiger partial charge on any atom is -0.455 e. The third kappa shape index (κ3) is 4.32. The van der Waals surface area contributed by atoms with Crippen LogP contribution in [0, 0.1) is 0 Å². The van der Waals surface area contributed by atoms with Gasteiger partial charge in [-0.05, 0) is 48.5 Å². The molecule has 0 aliphatic heterocycles. The van der Waals surface area contributed by atoms with Gasteiger partial charge in [0.05, 0.1) is 10.6 Å². The van der Waals surface area contributed by atoms with Crippen molar-refractivity contribution in [3.63, 3.8) is 0 Å². The number of sulfonamides is 1. The maximum Gasteiger partial charge on any atom is 0.264 e. The Hall–Kier alpha value is -3.32. The fourth-order valence-electron chi connectivity index (χ4n) is 2.62. The number of nitrogens with one attached hydrogen (secondary N) is 1. The summed E-state index contributed by atoms with van der Waals surface area (Å²) in [6.07, 6.45) is 0. The molecule has 0 aliphatic carbocycles. The second-order valence-electron chi connectivity index (χ2n) is 6.06. The number of nitrogens with zero attached hydrogens (tertiary/aromatic N) is 1. The highest BCUT2D eigenvalue weighted by molar-refractivity contribution is 7.92. The number of carbonyl (C=O) groups excluding carboxylic acids is 1. The smallest absolute Gasteiger partial charge is 0.264 e. The zero-order valence-corrected chi connectivity index (χ0v) is 16.3. The molecule has 144 valence electrons. The van der Waals surface area contributed by atoms with E-state index in [4.69, 9.17) is 4.74 Å². The molecule has 0 saturated heterocycles. The minimum atomic E-state index is -3.81. The van der Waals surface area contributed by atoms with Gasteiger partial charge in [0, 0.05) is 19.7 Å². The summed E-state index contributed by atoms with van der Waals surface area (Å²) in [5.41, 5.74) is 0.944. The Labute approximate surface area is 164 Å². The van der Waals surface area contributed by atoms with E-state index in [0.717, 1.165) is 0 Å². The summed E-state index contributed by atoms with van der Waals surface area (Å²) in [4.78, 5) is 11.2. The number of ether oxygens (including phenoxy) is 1. The van der Waals surface area contributed by atoms with E-state index in [1.807, 2.05) is 18.2 Å². The van der Waals surface area contributed by atoms with Gasteiger partial charge in [-0.1, -0.05) is 30.3 Å². The van der Waals surface area contributed by atoms with Crippen LogP contribution in [0.15, 0.2) is 83.8 Å². The van der Waals surface area contributed by atoms with E-state index >= 15 is 0 Å². The Morgan fingerprint density at radius 3 is 2.14 bits per heavy atom. The lowest BCUT2D eigenvalue weighted by Crippen LogP contribution is -2.26. The Morgan fingerprint density at radius 1 is 0.893 bits per heavy atom. The summed E-state index contributed by atoms with van der Waals surface area (Å²) in [6, 6.07) is 22.1. The average molecular weight is 396 g/mol. The fraction of sp³-hybridized carbons (Fsp3) is 0.0952. The van der Waals surface area contributed by atoms with Gasteiger partial charge in [-0.3, -0.25) is 9.10 Å². The van der Waals surface area contributed by atoms with Crippen molar-refractivity contribution in [1.29, 1.82) is 0 Å². The van der Waals surface area contributed by atoms with Crippen LogP contribution in [-0.4, -0.2) is 21.4 Å². The van der Waals surface area contributed by atoms with Gasteiger partial charge < -0.3 is 10.1 Å². The SMILES string of the molecule is CC(=O)Nc1ccc(S(=O)(=O)N(C)c2ccccc2Oc2ccccc2)cc1. The van der Waals surface area contributed by atoms with Gasteiger partial charge in [-0.15, -0.1) is 0 Å². The quantitative estimate of drug-likeness (QED) is 0.675. The number of carbonyl (C=O) groups is 1. The molecule has 0 spiro atoms. The van der Waals surface area contributed by atoms with E-state index in [1.165, 1.54) is 30.4 Å². The van der Waals surface area contributed by atoms with Crippen molar-refractivity contribution >= 4 is 27.3 Å². The van der Waals surface area contributed by atoms with Crippen molar-refractivity contribution in [2.24, 2.45) is 0 Å². The molecule has 1 N–H and O–H groups in total. The Morgan fingerprint density at radius 2 is 1.50 bits per heavy atom. The molecule has 6 nitrogen and oxygen atoms in total. The summed E-state index contributed by atoms with van der Waals surface area (Å²) in [5.74, 6) is 0.815. The summed E-state index contributed by atoms with van der Waals surface area (Å²) < 4.78 is 33.2. The molecule has 0 radical (unpaired) electrons. The molecule has 0 aromatic heterocycles. The number of anilines is 2. The van der Waals surface area contributed by atoms with Crippen LogP contribution in [0.4, 0.5) is 11.4 Å². The molecule has 28 heavy (non-hydrogen) atoms. The highest BCUT2D eigenvalue weighted by Crippen LogP contribution is 2.34. The van der Waals surface area contributed by atoms with Crippen molar-refractivity contribution in [3.05, 3.63) is 78.9 Å². The highest BCUT2D eigenvalue weighted by atomic mass is 32.2. The zero-order chi connectivity index (χ0) is 20.1. The summed E-state index contributed by atoms with van der Waals surface area (Å²) >= 11 is 0. The Balaban J connectivity index is 1.90. The van der Waals surface area contributed by atoms with E-state index in [1.54, 1.807) is 48.5 Å². The molecule has 0 fully saturated rings. The molecule has 0 atom stereocenters. The first kappa shape index (κ1) is 19.4. The third-order valence-electron chi connectivity index (χ3n) is 4.01. The standard InChI is InChI=1S/C21H20N2O4S/c1-16(24)22-17-12-14-19(15-13-17)28(25,26)23(2)20-10-6-7-11-21(20)27-18-8-4-3-5-9-18/h3-15H,1-2H3,(H,22,24). The molecule has 0 bridgehead atoms. The lowest BCUT2D eigenvalue weighted by molar-refractivity contribution is -0.114. The number of rotatable bonds is 6. The van der Waals surface area contributed by atoms with Crippen LogP contribution in [0.25, 0.3) is 0 Å². The maximum absolute atomic E-state index is 13.1. The predicted molar refractivity (Wildman–Crippen MR) is 109 cm³/mol. The number of benzene rings is 3. The van der Waals surface area contributed by atoms with Crippen molar-refractivity contribution in [2.75, 3.05) is 16.7 Å². The molecule has 0 saturated carbocycles. The minimum absolute atomic E-state index is 0.110. The number of amides is 1. The summed E-state index contributed by atoms with van der Waals surface area (Å²) in [7, 11) is -2.33. The van der Waals surface area contributed by atoms with Gasteiger partial charge in [0.1, 0.15) is 5.75 Å². The van der Waals surface area contributed by atoms with E-state index in [9.17, 15) is 13.2 Å². The molecule has 0 heterocycles. The van der Waals surface area contributed by atoms with Gasteiger partial charge in [-0.2, -0.15) is 0 Å². The van der Waals surface area contributed by atoms with Gasteiger partial charge in [0.2, 0.25) is 5.91 Å². The lowest BCUT2D eigenvalue weighted by atomic mass is 10.3. The van der Waals surface area contributed by atoms with Crippen LogP contribution in [0.2, 0.25) is 0 Å². The largest absolute Gasteiger partial charge is 0.455 e. The summed E-state index contributed by atoms with van der Waals surface area (Å²) in [6.45, 7) is 1.39. The Bertz CT molecular complexity index is 1070. The number of hydrogen-bond donors (Lipinski definition) is 1. The van der Waals surface area contributed by atoms with E-state index < -0.39 is 10.0 Å². The lowest BCUT2D eigenvalue weighted by Gasteiger charge is -2.22. The first-order chi connectivity index (χ1) is 13.4. The molecule has 3 rings (SSSR count). The van der Waals surface area contributed by atoms with Gasteiger partial charge in [0.25, 0.3) is 10.0 Å². The molecule has 0 unspecified atom stereocenters. The second kappa shape index (κ2) is 8.14. The fourth-order valence-corrected chi connectivity index (χ4v) is 3.83. The first-order valence-electron chi connectivity index (χ1n) is 8.56. The third-order valence-corrected chi connectivity index (χ3v) is 5.79. The van der Waals surface area contributed by atoms with Gasteiger partial charge >= 0.3 is 0 Å². The van der Waals surface area contributed by atoms with Crippen LogP contribution in [0.3, 0.4) is 0 Å². The zero-order valence-electron chi connectivity index (χ0n) is 15.5. The number of para-hydroxylation sites is 3. The normalized spacial score (nSPS) is 10.9.